The lowest BCUT2D eigenvalue weighted by Gasteiger charge is -2.22. The molecule has 2 heterocycles. The average Bonchev–Trinajstić information content (AvgIpc) is 2.72. The van der Waals surface area contributed by atoms with Crippen LogP contribution in [0.4, 0.5) is 5.69 Å². The maximum absolute atomic E-state index is 6.29. The molecule has 0 saturated carbocycles. The number of hydrogen-bond donors (Lipinski definition) is 3. The summed E-state index contributed by atoms with van der Waals surface area (Å²) in [6.45, 7) is 4.67. The standard InChI is InChI=1S/C23H28N6/c1-18-8-9-19(12-23(18)25)13-26-14-20(24)15-29(16-21-6-2-4-10-27-21)17-22-7-3-5-11-28-22/h2-12,14,26H,13,15-17,24-25H2,1H3/b20-14-. The largest absolute Gasteiger partial charge is 0.400 e. The molecular formula is C23H28N6. The minimum absolute atomic E-state index is 0.607. The highest BCUT2D eigenvalue weighted by Crippen LogP contribution is 2.13. The fourth-order valence-corrected chi connectivity index (χ4v) is 3.01. The molecule has 2 aromatic heterocycles. The number of nitrogen functional groups attached to an aromatic ring is 1. The van der Waals surface area contributed by atoms with Crippen LogP contribution in [0.1, 0.15) is 22.5 Å². The van der Waals surface area contributed by atoms with Crippen molar-refractivity contribution < 1.29 is 0 Å². The fraction of sp³-hybridized carbons (Fsp3) is 0.217. The number of aromatic nitrogens is 2. The first kappa shape index (κ1) is 20.4. The van der Waals surface area contributed by atoms with Gasteiger partial charge in [-0.25, -0.2) is 0 Å². The van der Waals surface area contributed by atoms with E-state index in [4.69, 9.17) is 11.5 Å². The summed E-state index contributed by atoms with van der Waals surface area (Å²) in [5.74, 6) is 0. The van der Waals surface area contributed by atoms with Gasteiger partial charge in [-0.1, -0.05) is 24.3 Å². The van der Waals surface area contributed by atoms with E-state index < -0.39 is 0 Å². The maximum Gasteiger partial charge on any atom is 0.0544 e. The zero-order valence-corrected chi connectivity index (χ0v) is 16.8. The molecule has 0 saturated heterocycles. The first-order valence-electron chi connectivity index (χ1n) is 9.65. The van der Waals surface area contributed by atoms with Crippen LogP contribution in [0.25, 0.3) is 0 Å². The summed E-state index contributed by atoms with van der Waals surface area (Å²) < 4.78 is 0. The Morgan fingerprint density at radius 3 is 2.21 bits per heavy atom. The smallest absolute Gasteiger partial charge is 0.0544 e. The summed E-state index contributed by atoms with van der Waals surface area (Å²) in [4.78, 5) is 11.1. The van der Waals surface area contributed by atoms with Gasteiger partial charge in [0, 0.05) is 56.2 Å². The minimum Gasteiger partial charge on any atom is -0.400 e. The molecule has 0 aliphatic heterocycles. The normalized spacial score (nSPS) is 11.6. The zero-order chi connectivity index (χ0) is 20.5. The van der Waals surface area contributed by atoms with Gasteiger partial charge in [0.25, 0.3) is 0 Å². The SMILES string of the molecule is Cc1ccc(CN/C=C(\N)CN(Cc2ccccn2)Cc2ccccn2)cc1N. The molecule has 0 bridgehead atoms. The monoisotopic (exact) mass is 388 g/mol. The van der Waals surface area contributed by atoms with E-state index >= 15 is 0 Å². The average molecular weight is 389 g/mol. The van der Waals surface area contributed by atoms with Crippen molar-refractivity contribution in [3.8, 4) is 0 Å². The van der Waals surface area contributed by atoms with E-state index in [2.05, 4.69) is 26.3 Å². The van der Waals surface area contributed by atoms with E-state index in [1.807, 2.05) is 74.0 Å². The highest BCUT2D eigenvalue weighted by molar-refractivity contribution is 5.48. The van der Waals surface area contributed by atoms with E-state index in [1.165, 1.54) is 0 Å². The van der Waals surface area contributed by atoms with Crippen LogP contribution in [0, 0.1) is 6.92 Å². The number of nitrogens with one attached hydrogen (secondary N) is 1. The molecule has 0 atom stereocenters. The van der Waals surface area contributed by atoms with Crippen molar-refractivity contribution in [2.75, 3.05) is 12.3 Å². The maximum atomic E-state index is 6.29. The van der Waals surface area contributed by atoms with Crippen LogP contribution in [0.5, 0.6) is 0 Å². The van der Waals surface area contributed by atoms with Crippen molar-refractivity contribution in [1.82, 2.24) is 20.2 Å². The van der Waals surface area contributed by atoms with E-state index in [1.54, 1.807) is 0 Å². The van der Waals surface area contributed by atoms with Crippen molar-refractivity contribution >= 4 is 5.69 Å². The summed E-state index contributed by atoms with van der Waals surface area (Å²) >= 11 is 0. The van der Waals surface area contributed by atoms with Crippen LogP contribution in [0.3, 0.4) is 0 Å². The zero-order valence-electron chi connectivity index (χ0n) is 16.8. The van der Waals surface area contributed by atoms with Crippen molar-refractivity contribution in [1.29, 1.82) is 0 Å². The van der Waals surface area contributed by atoms with E-state index in [0.29, 0.717) is 26.2 Å². The van der Waals surface area contributed by atoms with Crippen molar-refractivity contribution in [2.24, 2.45) is 5.73 Å². The molecular weight excluding hydrogens is 360 g/mol. The van der Waals surface area contributed by atoms with Crippen LogP contribution in [0.15, 0.2) is 78.9 Å². The molecule has 0 aliphatic carbocycles. The topological polar surface area (TPSA) is 93.1 Å². The van der Waals surface area contributed by atoms with Crippen LogP contribution < -0.4 is 16.8 Å². The van der Waals surface area contributed by atoms with E-state index in [-0.39, 0.29) is 0 Å². The number of nitrogens with two attached hydrogens (primary N) is 2. The molecule has 5 N–H and O–H groups in total. The number of aryl methyl sites for hydroxylation is 1. The summed E-state index contributed by atoms with van der Waals surface area (Å²) in [6.07, 6.45) is 5.48. The second-order valence-electron chi connectivity index (χ2n) is 7.08. The van der Waals surface area contributed by atoms with Gasteiger partial charge in [-0.05, 0) is 48.4 Å². The number of benzene rings is 1. The van der Waals surface area contributed by atoms with Gasteiger partial charge in [0.2, 0.25) is 0 Å². The third-order valence-electron chi connectivity index (χ3n) is 4.57. The highest BCUT2D eigenvalue weighted by atomic mass is 15.1. The second kappa shape index (κ2) is 10.2. The molecule has 1 aromatic carbocycles. The van der Waals surface area contributed by atoms with E-state index in [0.717, 1.165) is 33.9 Å². The molecule has 6 heteroatoms. The second-order valence-corrected chi connectivity index (χ2v) is 7.08. The summed E-state index contributed by atoms with van der Waals surface area (Å²) in [5.41, 5.74) is 18.0. The summed E-state index contributed by atoms with van der Waals surface area (Å²) in [5, 5.41) is 3.28. The Morgan fingerprint density at radius 2 is 1.66 bits per heavy atom. The first-order valence-corrected chi connectivity index (χ1v) is 9.65. The van der Waals surface area contributed by atoms with Gasteiger partial charge in [0.1, 0.15) is 0 Å². The van der Waals surface area contributed by atoms with Crippen LogP contribution in [-0.4, -0.2) is 21.4 Å². The Labute approximate surface area is 172 Å². The lowest BCUT2D eigenvalue weighted by molar-refractivity contribution is 0.271. The Morgan fingerprint density at radius 1 is 1.00 bits per heavy atom. The van der Waals surface area contributed by atoms with Gasteiger partial charge >= 0.3 is 0 Å². The van der Waals surface area contributed by atoms with Gasteiger partial charge in [0.15, 0.2) is 0 Å². The fourth-order valence-electron chi connectivity index (χ4n) is 3.01. The van der Waals surface area contributed by atoms with Gasteiger partial charge in [-0.3, -0.25) is 14.9 Å². The van der Waals surface area contributed by atoms with Gasteiger partial charge in [-0.15, -0.1) is 0 Å². The molecule has 0 spiro atoms. The van der Waals surface area contributed by atoms with Crippen LogP contribution in [-0.2, 0) is 19.6 Å². The van der Waals surface area contributed by atoms with Crippen molar-refractivity contribution in [2.45, 2.75) is 26.6 Å². The first-order chi connectivity index (χ1) is 14.1. The minimum atomic E-state index is 0.607. The molecule has 3 aromatic rings. The van der Waals surface area contributed by atoms with Crippen molar-refractivity contribution in [3.05, 3.63) is 101 Å². The Bertz CT molecular complexity index is 883. The molecule has 0 radical (unpaired) electrons. The number of rotatable bonds is 9. The molecule has 6 nitrogen and oxygen atoms in total. The Kier molecular flexibility index (Phi) is 7.19. The predicted octanol–water partition coefficient (Wildman–Crippen LogP) is 2.96. The molecule has 0 aliphatic rings. The quantitative estimate of drug-likeness (QED) is 0.488. The van der Waals surface area contributed by atoms with Gasteiger partial charge < -0.3 is 16.8 Å². The summed E-state index contributed by atoms with van der Waals surface area (Å²) in [6, 6.07) is 17.9. The lowest BCUT2D eigenvalue weighted by Crippen LogP contribution is -2.29. The molecule has 3 rings (SSSR count). The number of pyridine rings is 2. The Hall–Kier alpha value is -3.38. The van der Waals surface area contributed by atoms with Gasteiger partial charge in [-0.2, -0.15) is 0 Å². The summed E-state index contributed by atoms with van der Waals surface area (Å²) in [7, 11) is 0. The van der Waals surface area contributed by atoms with Crippen LogP contribution >= 0.6 is 0 Å². The molecule has 0 amide bonds. The van der Waals surface area contributed by atoms with E-state index in [9.17, 15) is 0 Å². The molecule has 0 unspecified atom stereocenters. The third kappa shape index (κ3) is 6.62. The molecule has 29 heavy (non-hydrogen) atoms. The lowest BCUT2D eigenvalue weighted by atomic mass is 10.1. The van der Waals surface area contributed by atoms with Crippen LogP contribution in [0.2, 0.25) is 0 Å². The predicted molar refractivity (Wildman–Crippen MR) is 117 cm³/mol. The molecule has 150 valence electrons. The van der Waals surface area contributed by atoms with Crippen molar-refractivity contribution in [3.63, 3.8) is 0 Å². The highest BCUT2D eigenvalue weighted by Gasteiger charge is 2.10. The number of hydrogen-bond acceptors (Lipinski definition) is 6. The third-order valence-corrected chi connectivity index (χ3v) is 4.57. The Balaban J connectivity index is 1.62. The number of nitrogens with zero attached hydrogens (tertiary/aromatic N) is 3. The van der Waals surface area contributed by atoms with Gasteiger partial charge in [0.05, 0.1) is 11.4 Å². The molecule has 0 fully saturated rings. The number of anilines is 1.